The molecule has 0 atom stereocenters. The van der Waals surface area contributed by atoms with E-state index in [0.29, 0.717) is 21.6 Å². The van der Waals surface area contributed by atoms with Crippen molar-refractivity contribution in [3.8, 4) is 5.95 Å². The second-order valence-electron chi connectivity index (χ2n) is 4.48. The molecular weight excluding hydrogens is 263 g/mol. The monoisotopic (exact) mass is 276 g/mol. The number of benzene rings is 1. The van der Waals surface area contributed by atoms with Gasteiger partial charge in [-0.15, -0.1) is 11.8 Å². The van der Waals surface area contributed by atoms with Crippen LogP contribution in [0.25, 0.3) is 17.0 Å². The molecule has 6 heteroatoms. The summed E-state index contributed by atoms with van der Waals surface area (Å²) >= 11 is 1.50. The van der Waals surface area contributed by atoms with Crippen LogP contribution < -0.4 is 0 Å². The van der Waals surface area contributed by atoms with Crippen LogP contribution in [0.5, 0.6) is 0 Å². The van der Waals surface area contributed by atoms with Gasteiger partial charge in [0.05, 0.1) is 11.0 Å². The number of hydrogen-bond acceptors (Lipinski definition) is 3. The van der Waals surface area contributed by atoms with Crippen molar-refractivity contribution in [1.29, 1.82) is 0 Å². The molecule has 19 heavy (non-hydrogen) atoms. The van der Waals surface area contributed by atoms with Crippen molar-refractivity contribution >= 4 is 22.8 Å². The summed E-state index contributed by atoms with van der Waals surface area (Å²) in [4.78, 5) is 8.11. The van der Waals surface area contributed by atoms with Crippen LogP contribution in [0.2, 0.25) is 0 Å². The SMILES string of the molecule is CC(C)Sc1cc2nc(-n3cccn3)[nH]c2cc1F. The van der Waals surface area contributed by atoms with Crippen molar-refractivity contribution in [2.24, 2.45) is 0 Å². The normalized spacial score (nSPS) is 11.6. The van der Waals surface area contributed by atoms with E-state index in [0.717, 1.165) is 5.52 Å². The highest BCUT2D eigenvalue weighted by Gasteiger charge is 2.11. The first-order valence-electron chi connectivity index (χ1n) is 5.99. The topological polar surface area (TPSA) is 46.5 Å². The molecular formula is C13H13FN4S. The third kappa shape index (κ3) is 2.35. The average molecular weight is 276 g/mol. The number of imidazole rings is 1. The molecule has 0 aliphatic carbocycles. The third-order valence-electron chi connectivity index (χ3n) is 2.61. The molecule has 0 aliphatic rings. The molecule has 1 N–H and O–H groups in total. The molecule has 0 radical (unpaired) electrons. The molecule has 0 saturated heterocycles. The lowest BCUT2D eigenvalue weighted by Crippen LogP contribution is -1.95. The Kier molecular flexibility index (Phi) is 3.02. The molecule has 0 unspecified atom stereocenters. The number of hydrogen-bond donors (Lipinski definition) is 1. The van der Waals surface area contributed by atoms with Gasteiger partial charge in [0, 0.05) is 28.6 Å². The first kappa shape index (κ1) is 12.2. The largest absolute Gasteiger partial charge is 0.322 e. The summed E-state index contributed by atoms with van der Waals surface area (Å²) in [6, 6.07) is 5.08. The predicted molar refractivity (Wildman–Crippen MR) is 74.2 cm³/mol. The van der Waals surface area contributed by atoms with Gasteiger partial charge in [0.2, 0.25) is 5.95 Å². The van der Waals surface area contributed by atoms with Crippen molar-refractivity contribution in [2.75, 3.05) is 0 Å². The highest BCUT2D eigenvalue weighted by Crippen LogP contribution is 2.29. The second kappa shape index (κ2) is 4.70. The lowest BCUT2D eigenvalue weighted by Gasteiger charge is -2.05. The lowest BCUT2D eigenvalue weighted by atomic mass is 10.3. The van der Waals surface area contributed by atoms with E-state index >= 15 is 0 Å². The molecule has 0 fully saturated rings. The minimum absolute atomic E-state index is 0.220. The van der Waals surface area contributed by atoms with Crippen molar-refractivity contribution in [1.82, 2.24) is 19.7 Å². The summed E-state index contributed by atoms with van der Waals surface area (Å²) in [7, 11) is 0. The number of nitrogens with zero attached hydrogens (tertiary/aromatic N) is 3. The van der Waals surface area contributed by atoms with Crippen LogP contribution in [0.4, 0.5) is 4.39 Å². The summed E-state index contributed by atoms with van der Waals surface area (Å²) in [5.41, 5.74) is 1.42. The predicted octanol–water partition coefficient (Wildman–Crippen LogP) is 3.39. The van der Waals surface area contributed by atoms with Gasteiger partial charge in [0.1, 0.15) is 5.82 Å². The van der Waals surface area contributed by atoms with E-state index in [1.54, 1.807) is 23.1 Å². The fourth-order valence-electron chi connectivity index (χ4n) is 1.84. The van der Waals surface area contributed by atoms with E-state index in [9.17, 15) is 4.39 Å². The average Bonchev–Trinajstić information content (AvgIpc) is 2.96. The summed E-state index contributed by atoms with van der Waals surface area (Å²) in [6.07, 6.45) is 3.46. The zero-order valence-electron chi connectivity index (χ0n) is 10.6. The number of nitrogens with one attached hydrogen (secondary N) is 1. The van der Waals surface area contributed by atoms with Crippen molar-refractivity contribution in [2.45, 2.75) is 24.0 Å². The van der Waals surface area contributed by atoms with Crippen LogP contribution in [-0.2, 0) is 0 Å². The van der Waals surface area contributed by atoms with Gasteiger partial charge >= 0.3 is 0 Å². The summed E-state index contributed by atoms with van der Waals surface area (Å²) < 4.78 is 15.6. The number of rotatable bonds is 3. The van der Waals surface area contributed by atoms with Crippen LogP contribution in [0.3, 0.4) is 0 Å². The van der Waals surface area contributed by atoms with E-state index < -0.39 is 0 Å². The van der Waals surface area contributed by atoms with Crippen molar-refractivity contribution < 1.29 is 4.39 Å². The molecule has 0 spiro atoms. The molecule has 4 nitrogen and oxygen atoms in total. The van der Waals surface area contributed by atoms with E-state index in [2.05, 4.69) is 15.1 Å². The van der Waals surface area contributed by atoms with Crippen LogP contribution in [-0.4, -0.2) is 25.0 Å². The smallest absolute Gasteiger partial charge is 0.229 e. The second-order valence-corrected chi connectivity index (χ2v) is 6.10. The fourth-order valence-corrected chi connectivity index (χ4v) is 2.70. The maximum Gasteiger partial charge on any atom is 0.229 e. The van der Waals surface area contributed by atoms with Gasteiger partial charge in [0.15, 0.2) is 0 Å². The maximum absolute atomic E-state index is 13.9. The number of H-pyrrole nitrogens is 1. The Bertz CT molecular complexity index is 703. The van der Waals surface area contributed by atoms with Crippen LogP contribution in [0, 0.1) is 5.82 Å². The molecule has 98 valence electrons. The van der Waals surface area contributed by atoms with Gasteiger partial charge in [-0.1, -0.05) is 13.8 Å². The highest BCUT2D eigenvalue weighted by atomic mass is 32.2. The van der Waals surface area contributed by atoms with Crippen LogP contribution >= 0.6 is 11.8 Å². The molecule has 0 saturated carbocycles. The van der Waals surface area contributed by atoms with Crippen LogP contribution in [0.1, 0.15) is 13.8 Å². The number of halogens is 1. The molecule has 3 aromatic rings. The Morgan fingerprint density at radius 2 is 2.21 bits per heavy atom. The number of aromatic nitrogens is 4. The molecule has 2 aromatic heterocycles. The molecule has 0 amide bonds. The van der Waals surface area contributed by atoms with Gasteiger partial charge in [-0.05, 0) is 12.1 Å². The van der Waals surface area contributed by atoms with Gasteiger partial charge in [-0.3, -0.25) is 0 Å². The zero-order valence-corrected chi connectivity index (χ0v) is 11.4. The maximum atomic E-state index is 13.9. The van der Waals surface area contributed by atoms with Crippen LogP contribution in [0.15, 0.2) is 35.5 Å². The summed E-state index contributed by atoms with van der Waals surface area (Å²) in [5.74, 6) is 0.368. The highest BCUT2D eigenvalue weighted by molar-refractivity contribution is 7.99. The standard InChI is InChI=1S/C13H13FN4S/c1-8(2)19-12-7-11-10(6-9(12)14)16-13(17-11)18-5-3-4-15-18/h3-8H,1-2H3,(H,16,17). The van der Waals surface area contributed by atoms with Crippen molar-refractivity contribution in [3.63, 3.8) is 0 Å². The number of aromatic amines is 1. The zero-order chi connectivity index (χ0) is 13.4. The van der Waals surface area contributed by atoms with E-state index in [4.69, 9.17) is 0 Å². The number of thioether (sulfide) groups is 1. The lowest BCUT2D eigenvalue weighted by molar-refractivity contribution is 0.603. The molecule has 0 aliphatic heterocycles. The van der Waals surface area contributed by atoms with E-state index in [1.807, 2.05) is 19.9 Å². The van der Waals surface area contributed by atoms with E-state index in [1.165, 1.54) is 17.8 Å². The van der Waals surface area contributed by atoms with Gasteiger partial charge < -0.3 is 4.98 Å². The Balaban J connectivity index is 2.08. The Hall–Kier alpha value is -1.82. The Morgan fingerprint density at radius 1 is 1.37 bits per heavy atom. The number of fused-ring (bicyclic) bond motifs is 1. The fraction of sp³-hybridized carbons (Fsp3) is 0.231. The quantitative estimate of drug-likeness (QED) is 0.746. The summed E-state index contributed by atoms with van der Waals surface area (Å²) in [5, 5.41) is 4.43. The van der Waals surface area contributed by atoms with Gasteiger partial charge in [0.25, 0.3) is 0 Å². The first-order valence-corrected chi connectivity index (χ1v) is 6.87. The minimum atomic E-state index is -0.220. The third-order valence-corrected chi connectivity index (χ3v) is 3.65. The van der Waals surface area contributed by atoms with Gasteiger partial charge in [-0.25, -0.2) is 14.1 Å². The molecule has 0 bridgehead atoms. The first-order chi connectivity index (χ1) is 9.13. The van der Waals surface area contributed by atoms with E-state index in [-0.39, 0.29) is 5.82 Å². The molecule has 2 heterocycles. The minimum Gasteiger partial charge on any atom is -0.322 e. The Morgan fingerprint density at radius 3 is 2.89 bits per heavy atom. The molecule has 1 aromatic carbocycles. The van der Waals surface area contributed by atoms with Crippen molar-refractivity contribution in [3.05, 3.63) is 36.4 Å². The Labute approximate surface area is 114 Å². The molecule has 3 rings (SSSR count). The summed E-state index contributed by atoms with van der Waals surface area (Å²) in [6.45, 7) is 4.07. The van der Waals surface area contributed by atoms with Gasteiger partial charge in [-0.2, -0.15) is 5.10 Å².